The number of unbranched alkanes of at least 4 members (excludes halogenated alkanes) is 2. The number of carbonyl (C=O) groups is 3. The highest BCUT2D eigenvalue weighted by molar-refractivity contribution is 5.99. The molecule has 1 saturated heterocycles. The molecule has 1 heterocycles. The van der Waals surface area contributed by atoms with E-state index in [1.165, 1.54) is 4.90 Å². The van der Waals surface area contributed by atoms with Crippen LogP contribution in [0.2, 0.25) is 0 Å². The van der Waals surface area contributed by atoms with Gasteiger partial charge in [0.1, 0.15) is 0 Å². The molecule has 2 fully saturated rings. The van der Waals surface area contributed by atoms with Crippen LogP contribution in [0.15, 0.2) is 18.2 Å². The first kappa shape index (κ1) is 23.9. The Morgan fingerprint density at radius 2 is 1.94 bits per heavy atom. The van der Waals surface area contributed by atoms with Crippen LogP contribution in [-0.2, 0) is 16.0 Å². The van der Waals surface area contributed by atoms with Crippen LogP contribution < -0.4 is 20.1 Å². The van der Waals surface area contributed by atoms with Gasteiger partial charge >= 0.3 is 6.03 Å². The van der Waals surface area contributed by atoms with Gasteiger partial charge in [-0.2, -0.15) is 0 Å². The van der Waals surface area contributed by atoms with Crippen LogP contribution in [0.1, 0.15) is 51.0 Å². The zero-order chi connectivity index (χ0) is 23.1. The fraction of sp³-hybridized carbons (Fsp3) is 0.625. The number of hydrogen-bond acceptors (Lipinski definition) is 5. The average Bonchev–Trinajstić information content (AvgIpc) is 2.80. The number of nitrogens with one attached hydrogen (secondary N) is 2. The second-order valence-corrected chi connectivity index (χ2v) is 8.60. The lowest BCUT2D eigenvalue weighted by atomic mass is 9.76. The molecule has 8 heteroatoms. The molecule has 3 atom stereocenters. The number of ether oxygens (including phenoxy) is 2. The summed E-state index contributed by atoms with van der Waals surface area (Å²) in [6.07, 6.45) is 5.34. The molecule has 32 heavy (non-hydrogen) atoms. The molecule has 3 unspecified atom stereocenters. The monoisotopic (exact) mass is 445 g/mol. The smallest absolute Gasteiger partial charge is 0.324 e. The van der Waals surface area contributed by atoms with E-state index < -0.39 is 0 Å². The van der Waals surface area contributed by atoms with Crippen molar-refractivity contribution in [3.8, 4) is 11.5 Å². The molecule has 1 aliphatic heterocycles. The van der Waals surface area contributed by atoms with Gasteiger partial charge in [0.25, 0.3) is 0 Å². The maximum atomic E-state index is 12.8. The zero-order valence-electron chi connectivity index (χ0n) is 19.3. The van der Waals surface area contributed by atoms with Crippen molar-refractivity contribution in [2.45, 2.75) is 57.9 Å². The van der Waals surface area contributed by atoms with Gasteiger partial charge in [-0.1, -0.05) is 25.8 Å². The number of methoxy groups -OCH3 is 2. The Hall–Kier alpha value is -2.77. The SMILES string of the molecule is CCCCCN1C(=O)NC2CC(C(=O)NCCc3ccc(OC)c(OC)c3)CCC2C1=O. The van der Waals surface area contributed by atoms with Gasteiger partial charge in [0, 0.05) is 25.0 Å². The molecule has 0 aromatic heterocycles. The normalized spacial score (nSPS) is 22.7. The molecule has 1 saturated carbocycles. The minimum atomic E-state index is -0.318. The van der Waals surface area contributed by atoms with Crippen molar-refractivity contribution in [2.75, 3.05) is 27.3 Å². The van der Waals surface area contributed by atoms with Gasteiger partial charge in [-0.3, -0.25) is 14.5 Å². The molecule has 8 nitrogen and oxygen atoms in total. The van der Waals surface area contributed by atoms with Crippen LogP contribution in [0.3, 0.4) is 0 Å². The topological polar surface area (TPSA) is 97.0 Å². The minimum absolute atomic E-state index is 0.0176. The predicted molar refractivity (Wildman–Crippen MR) is 121 cm³/mol. The highest BCUT2D eigenvalue weighted by Crippen LogP contribution is 2.33. The summed E-state index contributed by atoms with van der Waals surface area (Å²) in [5.74, 6) is 0.825. The number of carbonyl (C=O) groups excluding carboxylic acids is 3. The molecule has 1 aromatic carbocycles. The summed E-state index contributed by atoms with van der Waals surface area (Å²) in [5.41, 5.74) is 1.04. The number of hydrogen-bond donors (Lipinski definition) is 2. The maximum absolute atomic E-state index is 12.8. The lowest BCUT2D eigenvalue weighted by molar-refractivity contribution is -0.139. The van der Waals surface area contributed by atoms with E-state index in [1.807, 2.05) is 18.2 Å². The summed E-state index contributed by atoms with van der Waals surface area (Å²) in [5, 5.41) is 5.99. The molecule has 1 aliphatic carbocycles. The molecule has 0 radical (unpaired) electrons. The molecule has 176 valence electrons. The molecular formula is C24H35N3O5. The Balaban J connectivity index is 1.48. The highest BCUT2D eigenvalue weighted by Gasteiger charge is 2.45. The van der Waals surface area contributed by atoms with Crippen LogP contribution in [0.25, 0.3) is 0 Å². The van der Waals surface area contributed by atoms with Crippen molar-refractivity contribution < 1.29 is 23.9 Å². The second-order valence-electron chi connectivity index (χ2n) is 8.60. The van der Waals surface area contributed by atoms with Gasteiger partial charge in [0.15, 0.2) is 11.5 Å². The first-order chi connectivity index (χ1) is 15.5. The summed E-state index contributed by atoms with van der Waals surface area (Å²) >= 11 is 0. The quantitative estimate of drug-likeness (QED) is 0.540. The molecule has 2 N–H and O–H groups in total. The fourth-order valence-corrected chi connectivity index (χ4v) is 4.64. The van der Waals surface area contributed by atoms with Gasteiger partial charge in [0.2, 0.25) is 11.8 Å². The van der Waals surface area contributed by atoms with Crippen molar-refractivity contribution in [1.29, 1.82) is 0 Å². The van der Waals surface area contributed by atoms with Gasteiger partial charge < -0.3 is 20.1 Å². The lowest BCUT2D eigenvalue weighted by Gasteiger charge is -2.42. The third-order valence-electron chi connectivity index (χ3n) is 6.50. The van der Waals surface area contributed by atoms with Crippen molar-refractivity contribution in [1.82, 2.24) is 15.5 Å². The van der Waals surface area contributed by atoms with Crippen molar-refractivity contribution in [3.63, 3.8) is 0 Å². The van der Waals surface area contributed by atoms with Gasteiger partial charge in [0.05, 0.1) is 20.1 Å². The first-order valence-electron chi connectivity index (χ1n) is 11.6. The van der Waals surface area contributed by atoms with E-state index in [1.54, 1.807) is 14.2 Å². The number of imide groups is 1. The van der Waals surface area contributed by atoms with E-state index >= 15 is 0 Å². The van der Waals surface area contributed by atoms with Crippen molar-refractivity contribution in [2.24, 2.45) is 11.8 Å². The first-order valence-corrected chi connectivity index (χ1v) is 11.6. The minimum Gasteiger partial charge on any atom is -0.493 e. The third kappa shape index (κ3) is 5.53. The van der Waals surface area contributed by atoms with Crippen LogP contribution in [0, 0.1) is 11.8 Å². The second kappa shape index (κ2) is 11.2. The standard InChI is InChI=1S/C24H35N3O5/c1-4-5-6-13-27-23(29)18-9-8-17(15-19(18)26-24(27)30)22(28)25-12-11-16-7-10-20(31-2)21(14-16)32-3/h7,10,14,17-19H,4-6,8-9,11-13,15H2,1-3H3,(H,25,28)(H,26,30). The molecule has 1 aromatic rings. The van der Waals surface area contributed by atoms with Crippen LogP contribution in [-0.4, -0.2) is 56.1 Å². The van der Waals surface area contributed by atoms with E-state index in [9.17, 15) is 14.4 Å². The molecule has 4 amide bonds. The number of amides is 4. The molecule has 0 bridgehead atoms. The van der Waals surface area contributed by atoms with E-state index in [4.69, 9.17) is 9.47 Å². The van der Waals surface area contributed by atoms with Gasteiger partial charge in [-0.25, -0.2) is 4.79 Å². The Morgan fingerprint density at radius 1 is 1.16 bits per heavy atom. The van der Waals surface area contributed by atoms with E-state index in [0.717, 1.165) is 24.8 Å². The summed E-state index contributed by atoms with van der Waals surface area (Å²) in [6.45, 7) is 3.07. The van der Waals surface area contributed by atoms with Crippen molar-refractivity contribution >= 4 is 17.8 Å². The molecular weight excluding hydrogens is 410 g/mol. The van der Waals surface area contributed by atoms with Crippen LogP contribution in [0.4, 0.5) is 4.79 Å². The Kier molecular flexibility index (Phi) is 8.36. The number of fused-ring (bicyclic) bond motifs is 1. The maximum Gasteiger partial charge on any atom is 0.324 e. The van der Waals surface area contributed by atoms with Crippen LogP contribution >= 0.6 is 0 Å². The number of benzene rings is 1. The van der Waals surface area contributed by atoms with Crippen LogP contribution in [0.5, 0.6) is 11.5 Å². The average molecular weight is 446 g/mol. The molecule has 3 rings (SSSR count). The number of rotatable bonds is 10. The van der Waals surface area contributed by atoms with Gasteiger partial charge in [-0.15, -0.1) is 0 Å². The van der Waals surface area contributed by atoms with Gasteiger partial charge in [-0.05, 0) is 49.8 Å². The zero-order valence-corrected chi connectivity index (χ0v) is 19.3. The fourth-order valence-electron chi connectivity index (χ4n) is 4.64. The third-order valence-corrected chi connectivity index (χ3v) is 6.50. The Bertz CT molecular complexity index is 828. The predicted octanol–water partition coefficient (Wildman–Crippen LogP) is 2.89. The summed E-state index contributed by atoms with van der Waals surface area (Å²) < 4.78 is 10.6. The summed E-state index contributed by atoms with van der Waals surface area (Å²) in [7, 11) is 3.19. The number of urea groups is 1. The Morgan fingerprint density at radius 3 is 2.66 bits per heavy atom. The summed E-state index contributed by atoms with van der Waals surface area (Å²) in [6, 6.07) is 5.14. The van der Waals surface area contributed by atoms with E-state index in [-0.39, 0.29) is 35.7 Å². The summed E-state index contributed by atoms with van der Waals surface area (Å²) in [4.78, 5) is 39.3. The Labute approximate surface area is 190 Å². The highest BCUT2D eigenvalue weighted by atomic mass is 16.5. The number of nitrogens with zero attached hydrogens (tertiary/aromatic N) is 1. The van der Waals surface area contributed by atoms with Crippen molar-refractivity contribution in [3.05, 3.63) is 23.8 Å². The van der Waals surface area contributed by atoms with E-state index in [2.05, 4.69) is 17.6 Å². The molecule has 0 spiro atoms. The lowest BCUT2D eigenvalue weighted by Crippen LogP contribution is -2.62. The molecule has 2 aliphatic rings. The van der Waals surface area contributed by atoms with E-state index in [0.29, 0.717) is 50.3 Å². The largest absolute Gasteiger partial charge is 0.493 e.